The number of rotatable bonds is 15. The van der Waals surface area contributed by atoms with Crippen LogP contribution in [0, 0.1) is 5.82 Å². The third-order valence-corrected chi connectivity index (χ3v) is 9.94. The van der Waals surface area contributed by atoms with Gasteiger partial charge in [-0.3, -0.25) is 9.79 Å². The average molecular weight is 700 g/mol. The number of hydrogen-bond donors (Lipinski definition) is 0. The van der Waals surface area contributed by atoms with Gasteiger partial charge in [-0.05, 0) is 88.0 Å². The normalized spacial score (nSPS) is 17.7. The molecule has 4 aromatic rings. The number of piperazine rings is 1. The van der Waals surface area contributed by atoms with E-state index in [0.717, 1.165) is 89.9 Å². The minimum absolute atomic E-state index is 0.0173. The number of unbranched alkanes of at least 4 members (excludes halogenated alkanes) is 2. The Balaban J connectivity index is 0.781. The van der Waals surface area contributed by atoms with E-state index >= 15 is 0 Å². The molecule has 0 radical (unpaired) electrons. The molecule has 0 bridgehead atoms. The van der Waals surface area contributed by atoms with Crippen LogP contribution in [-0.2, 0) is 0 Å². The Hall–Kier alpha value is -4.68. The van der Waals surface area contributed by atoms with Crippen molar-refractivity contribution in [3.63, 3.8) is 0 Å². The number of methoxy groups -OCH3 is 2. The third kappa shape index (κ3) is 8.12. The molecule has 0 aliphatic carbocycles. The van der Waals surface area contributed by atoms with Crippen LogP contribution in [0.5, 0.6) is 23.0 Å². The molecule has 2 fully saturated rings. The summed E-state index contributed by atoms with van der Waals surface area (Å²) in [5, 5.41) is 0. The van der Waals surface area contributed by atoms with Crippen LogP contribution in [-0.4, -0.2) is 111 Å². The Labute approximate surface area is 297 Å². The molecule has 0 unspecified atom stereocenters. The van der Waals surface area contributed by atoms with Gasteiger partial charge < -0.3 is 38.1 Å². The van der Waals surface area contributed by atoms with E-state index < -0.39 is 0 Å². The van der Waals surface area contributed by atoms with Gasteiger partial charge in [0.05, 0.1) is 44.7 Å². The van der Waals surface area contributed by atoms with E-state index in [-0.39, 0.29) is 17.8 Å². The lowest BCUT2D eigenvalue weighted by Crippen LogP contribution is -2.46. The highest BCUT2D eigenvalue weighted by Gasteiger charge is 2.32. The van der Waals surface area contributed by atoms with Crippen molar-refractivity contribution >= 4 is 28.9 Å². The molecule has 2 saturated heterocycles. The third-order valence-electron chi connectivity index (χ3n) is 9.94. The van der Waals surface area contributed by atoms with Crippen molar-refractivity contribution in [2.24, 2.45) is 4.99 Å². The van der Waals surface area contributed by atoms with Gasteiger partial charge in [0, 0.05) is 56.6 Å². The number of hydrogen-bond acceptors (Lipinski definition) is 10. The molecule has 0 spiro atoms. The zero-order valence-electron chi connectivity index (χ0n) is 29.4. The van der Waals surface area contributed by atoms with Gasteiger partial charge >= 0.3 is 0 Å². The quantitative estimate of drug-likeness (QED) is 0.127. The van der Waals surface area contributed by atoms with E-state index in [0.29, 0.717) is 64.5 Å². The number of carbonyl (C=O) groups is 1. The van der Waals surface area contributed by atoms with Crippen LogP contribution >= 0.6 is 0 Å². The molecule has 4 heterocycles. The number of aliphatic imine (C=N–C) groups is 1. The molecule has 51 heavy (non-hydrogen) atoms. The van der Waals surface area contributed by atoms with E-state index in [1.54, 1.807) is 26.4 Å². The van der Waals surface area contributed by atoms with Crippen molar-refractivity contribution < 1.29 is 32.5 Å². The largest absolute Gasteiger partial charge is 0.493 e. The second kappa shape index (κ2) is 16.1. The maximum absolute atomic E-state index is 13.6. The SMILES string of the molecule is COc1cc(-c2nc3ccc(F)cc3o2)ccc1OCCCCN1CCN(CCCCOc2cc3c(cc2OC)C(=O)N2CCC[C@H]2C=N3)CC1. The van der Waals surface area contributed by atoms with Crippen LogP contribution in [0.4, 0.5) is 10.1 Å². The topological polar surface area (TPSA) is 102 Å². The number of carbonyl (C=O) groups excluding carboxylic acids is 1. The maximum atomic E-state index is 13.6. The number of aromatic nitrogens is 1. The predicted octanol–water partition coefficient (Wildman–Crippen LogP) is 6.61. The molecule has 12 heteroatoms. The van der Waals surface area contributed by atoms with Crippen LogP contribution < -0.4 is 18.9 Å². The van der Waals surface area contributed by atoms with Crippen molar-refractivity contribution in [3.05, 3.63) is 59.9 Å². The van der Waals surface area contributed by atoms with Gasteiger partial charge in [0.2, 0.25) is 5.89 Å². The number of oxazole rings is 1. The Kier molecular flexibility index (Phi) is 11.0. The zero-order valence-corrected chi connectivity index (χ0v) is 29.4. The molecule has 1 aromatic heterocycles. The molecule has 7 rings (SSSR count). The molecule has 270 valence electrons. The second-order valence-corrected chi connectivity index (χ2v) is 13.3. The number of halogens is 1. The molecule has 3 aliphatic heterocycles. The summed E-state index contributed by atoms with van der Waals surface area (Å²) in [7, 11) is 3.22. The van der Waals surface area contributed by atoms with Crippen molar-refractivity contribution in [2.45, 2.75) is 44.6 Å². The smallest absolute Gasteiger partial charge is 0.256 e. The first-order chi connectivity index (χ1) is 25.0. The monoisotopic (exact) mass is 699 g/mol. The van der Waals surface area contributed by atoms with E-state index in [9.17, 15) is 9.18 Å². The minimum Gasteiger partial charge on any atom is -0.493 e. The molecule has 11 nitrogen and oxygen atoms in total. The van der Waals surface area contributed by atoms with Gasteiger partial charge in [0.25, 0.3) is 5.91 Å². The minimum atomic E-state index is -0.361. The fourth-order valence-electron chi connectivity index (χ4n) is 7.04. The van der Waals surface area contributed by atoms with E-state index in [4.69, 9.17) is 23.4 Å². The van der Waals surface area contributed by atoms with Crippen LogP contribution in [0.25, 0.3) is 22.6 Å². The number of fused-ring (bicyclic) bond motifs is 3. The second-order valence-electron chi connectivity index (χ2n) is 13.3. The first-order valence-electron chi connectivity index (χ1n) is 18.0. The van der Waals surface area contributed by atoms with Crippen molar-refractivity contribution in [2.75, 3.05) is 73.2 Å². The van der Waals surface area contributed by atoms with Crippen molar-refractivity contribution in [1.29, 1.82) is 0 Å². The van der Waals surface area contributed by atoms with Gasteiger partial charge in [-0.2, -0.15) is 0 Å². The lowest BCUT2D eigenvalue weighted by atomic mass is 10.1. The van der Waals surface area contributed by atoms with Gasteiger partial charge in [0.15, 0.2) is 28.6 Å². The summed E-state index contributed by atoms with van der Waals surface area (Å²) >= 11 is 0. The maximum Gasteiger partial charge on any atom is 0.256 e. The van der Waals surface area contributed by atoms with Crippen molar-refractivity contribution in [1.82, 2.24) is 19.7 Å². The molecule has 3 aromatic carbocycles. The number of nitrogens with zero attached hydrogens (tertiary/aromatic N) is 5. The summed E-state index contributed by atoms with van der Waals surface area (Å²) in [6, 6.07) is 13.6. The van der Waals surface area contributed by atoms with Gasteiger partial charge in [-0.1, -0.05) is 0 Å². The summed E-state index contributed by atoms with van der Waals surface area (Å²) < 4.78 is 42.7. The van der Waals surface area contributed by atoms with Crippen LogP contribution in [0.15, 0.2) is 57.9 Å². The Morgan fingerprint density at radius 2 is 1.51 bits per heavy atom. The van der Waals surface area contributed by atoms with Gasteiger partial charge in [-0.25, -0.2) is 9.37 Å². The molecule has 0 N–H and O–H groups in total. The lowest BCUT2D eigenvalue weighted by molar-refractivity contribution is 0.0774. The zero-order chi connectivity index (χ0) is 35.2. The van der Waals surface area contributed by atoms with Crippen LogP contribution in [0.3, 0.4) is 0 Å². The fraction of sp³-hybridized carbons (Fsp3) is 0.462. The molecule has 3 aliphatic rings. The molecule has 1 amide bonds. The molecular weight excluding hydrogens is 653 g/mol. The van der Waals surface area contributed by atoms with E-state index in [2.05, 4.69) is 19.8 Å². The summed E-state index contributed by atoms with van der Waals surface area (Å²) in [5.41, 5.74) is 2.97. The Morgan fingerprint density at radius 1 is 0.804 bits per heavy atom. The standard InChI is InChI=1S/C39H46FN5O6/c1-47-35-22-27(38-42-31-11-10-28(40)23-34(31)51-38)9-12-33(35)49-20-5-3-13-43-16-18-44(19-17-43)14-4-6-21-50-37-25-32-30(24-36(37)48-2)39(46)45-15-7-8-29(45)26-41-32/h9-12,22-26,29H,3-8,13-21H2,1-2H3/t29-/m0/s1. The highest BCUT2D eigenvalue weighted by atomic mass is 19.1. The Morgan fingerprint density at radius 3 is 2.24 bits per heavy atom. The first kappa shape index (κ1) is 34.8. The van der Waals surface area contributed by atoms with Gasteiger partial charge in [-0.15, -0.1) is 0 Å². The number of ether oxygens (including phenoxy) is 4. The van der Waals surface area contributed by atoms with E-state index in [1.807, 2.05) is 35.4 Å². The predicted molar refractivity (Wildman–Crippen MR) is 193 cm³/mol. The van der Waals surface area contributed by atoms with Crippen LogP contribution in [0.2, 0.25) is 0 Å². The summed E-state index contributed by atoms with van der Waals surface area (Å²) in [6.45, 7) is 8.33. The molecular formula is C39H46FN5O6. The van der Waals surface area contributed by atoms with E-state index in [1.165, 1.54) is 12.1 Å². The molecule has 0 saturated carbocycles. The number of amides is 1. The molecule has 1 atom stereocenters. The summed E-state index contributed by atoms with van der Waals surface area (Å²) in [6.07, 6.45) is 7.85. The highest BCUT2D eigenvalue weighted by Crippen LogP contribution is 2.38. The van der Waals surface area contributed by atoms with Gasteiger partial charge in [0.1, 0.15) is 11.3 Å². The summed E-state index contributed by atoms with van der Waals surface area (Å²) in [5.74, 6) is 2.54. The fourth-order valence-corrected chi connectivity index (χ4v) is 7.04. The Bertz CT molecular complexity index is 1860. The lowest BCUT2D eigenvalue weighted by Gasteiger charge is -2.34. The van der Waals surface area contributed by atoms with Crippen LogP contribution in [0.1, 0.15) is 48.9 Å². The first-order valence-corrected chi connectivity index (χ1v) is 18.0. The highest BCUT2D eigenvalue weighted by molar-refractivity contribution is 6.03. The van der Waals surface area contributed by atoms with Crippen molar-refractivity contribution in [3.8, 4) is 34.5 Å². The summed E-state index contributed by atoms with van der Waals surface area (Å²) in [4.78, 5) is 29.2. The number of benzene rings is 3. The average Bonchev–Trinajstić information content (AvgIpc) is 3.78.